The zero-order chi connectivity index (χ0) is 16.4. The molecule has 128 valence electrons. The van der Waals surface area contributed by atoms with Gasteiger partial charge in [-0.15, -0.1) is 16.4 Å². The van der Waals surface area contributed by atoms with Crippen molar-refractivity contribution in [1.29, 1.82) is 0 Å². The average molecular weight is 344 g/mol. The van der Waals surface area contributed by atoms with Crippen LogP contribution in [0.2, 0.25) is 0 Å². The van der Waals surface area contributed by atoms with Gasteiger partial charge in [0.25, 0.3) is 0 Å². The number of hydrogen-bond donors (Lipinski definition) is 0. The predicted octanol–water partition coefficient (Wildman–Crippen LogP) is 2.72. The van der Waals surface area contributed by atoms with E-state index >= 15 is 0 Å². The van der Waals surface area contributed by atoms with Crippen molar-refractivity contribution in [2.75, 3.05) is 37.7 Å². The molecule has 0 bridgehead atoms. The molecule has 2 saturated heterocycles. The Morgan fingerprint density at radius 3 is 2.96 bits per heavy atom. The number of rotatable bonds is 3. The van der Waals surface area contributed by atoms with Gasteiger partial charge in [-0.3, -0.25) is 4.90 Å². The molecule has 0 aromatic carbocycles. The molecule has 0 radical (unpaired) electrons. The first kappa shape index (κ1) is 16.0. The SMILES string of the molecule is Cc1ccc(N2CCC[C@@]3(CN(Cc4cccs4)CCO3)C2)nn1. The van der Waals surface area contributed by atoms with Gasteiger partial charge in [0, 0.05) is 37.6 Å². The molecular weight excluding hydrogens is 320 g/mol. The Hall–Kier alpha value is -1.50. The van der Waals surface area contributed by atoms with Crippen LogP contribution in [0.3, 0.4) is 0 Å². The highest BCUT2D eigenvalue weighted by molar-refractivity contribution is 7.09. The van der Waals surface area contributed by atoms with E-state index < -0.39 is 0 Å². The molecule has 0 unspecified atom stereocenters. The molecule has 5 nitrogen and oxygen atoms in total. The normalized spacial score (nSPS) is 25.3. The fourth-order valence-corrected chi connectivity index (χ4v) is 4.53. The van der Waals surface area contributed by atoms with Crippen molar-refractivity contribution in [2.24, 2.45) is 0 Å². The van der Waals surface area contributed by atoms with Crippen molar-refractivity contribution in [2.45, 2.75) is 31.9 Å². The molecule has 2 aliphatic rings. The highest BCUT2D eigenvalue weighted by Crippen LogP contribution is 2.31. The molecule has 2 aromatic rings. The van der Waals surface area contributed by atoms with Crippen molar-refractivity contribution in [3.8, 4) is 0 Å². The molecule has 24 heavy (non-hydrogen) atoms. The molecule has 0 saturated carbocycles. The number of ether oxygens (including phenoxy) is 1. The van der Waals surface area contributed by atoms with E-state index in [9.17, 15) is 0 Å². The fourth-order valence-electron chi connectivity index (χ4n) is 3.78. The predicted molar refractivity (Wildman–Crippen MR) is 96.5 cm³/mol. The van der Waals surface area contributed by atoms with E-state index in [0.717, 1.165) is 63.7 Å². The van der Waals surface area contributed by atoms with Crippen LogP contribution < -0.4 is 4.90 Å². The quantitative estimate of drug-likeness (QED) is 0.856. The van der Waals surface area contributed by atoms with Gasteiger partial charge < -0.3 is 9.64 Å². The van der Waals surface area contributed by atoms with E-state index in [1.165, 1.54) is 4.88 Å². The number of thiophene rings is 1. The Kier molecular flexibility index (Phi) is 4.52. The summed E-state index contributed by atoms with van der Waals surface area (Å²) in [5.74, 6) is 0.971. The highest BCUT2D eigenvalue weighted by Gasteiger charge is 2.41. The topological polar surface area (TPSA) is 41.5 Å². The molecule has 4 rings (SSSR count). The lowest BCUT2D eigenvalue weighted by atomic mass is 9.90. The molecule has 1 spiro atoms. The van der Waals surface area contributed by atoms with Gasteiger partial charge in [-0.25, -0.2) is 0 Å². The first-order valence-electron chi connectivity index (χ1n) is 8.66. The minimum Gasteiger partial charge on any atom is -0.370 e. The third-order valence-electron chi connectivity index (χ3n) is 4.93. The van der Waals surface area contributed by atoms with E-state index in [4.69, 9.17) is 4.74 Å². The maximum absolute atomic E-state index is 6.30. The van der Waals surface area contributed by atoms with Crippen LogP contribution in [0.5, 0.6) is 0 Å². The molecular formula is C18H24N4OS. The van der Waals surface area contributed by atoms with E-state index in [2.05, 4.69) is 43.6 Å². The van der Waals surface area contributed by atoms with E-state index in [0.29, 0.717) is 0 Å². The summed E-state index contributed by atoms with van der Waals surface area (Å²) in [5, 5.41) is 10.7. The number of morpholine rings is 1. The van der Waals surface area contributed by atoms with Gasteiger partial charge in [0.1, 0.15) is 0 Å². The van der Waals surface area contributed by atoms with Gasteiger partial charge >= 0.3 is 0 Å². The van der Waals surface area contributed by atoms with Gasteiger partial charge in [0.15, 0.2) is 5.82 Å². The smallest absolute Gasteiger partial charge is 0.151 e. The molecule has 4 heterocycles. The monoisotopic (exact) mass is 344 g/mol. The molecule has 2 fully saturated rings. The van der Waals surface area contributed by atoms with Crippen LogP contribution in [0.15, 0.2) is 29.6 Å². The number of aromatic nitrogens is 2. The van der Waals surface area contributed by atoms with E-state index in [-0.39, 0.29) is 5.60 Å². The summed E-state index contributed by atoms with van der Waals surface area (Å²) in [6.45, 7) is 7.79. The molecule has 6 heteroatoms. The molecule has 2 aromatic heterocycles. The van der Waals surface area contributed by atoms with Crippen molar-refractivity contribution in [3.05, 3.63) is 40.2 Å². The van der Waals surface area contributed by atoms with E-state index in [1.807, 2.05) is 24.3 Å². The van der Waals surface area contributed by atoms with Crippen LogP contribution in [-0.4, -0.2) is 53.5 Å². The fraction of sp³-hybridized carbons (Fsp3) is 0.556. The largest absolute Gasteiger partial charge is 0.370 e. The number of nitrogens with zero attached hydrogens (tertiary/aromatic N) is 4. The number of anilines is 1. The Balaban J connectivity index is 1.46. The van der Waals surface area contributed by atoms with Gasteiger partial charge in [-0.2, -0.15) is 5.10 Å². The number of aryl methyl sites for hydroxylation is 1. The zero-order valence-electron chi connectivity index (χ0n) is 14.1. The summed E-state index contributed by atoms with van der Waals surface area (Å²) in [6, 6.07) is 8.47. The third kappa shape index (κ3) is 3.45. The van der Waals surface area contributed by atoms with Gasteiger partial charge in [0.2, 0.25) is 0 Å². The van der Waals surface area contributed by atoms with Crippen LogP contribution in [0.1, 0.15) is 23.4 Å². The molecule has 0 aliphatic carbocycles. The van der Waals surface area contributed by atoms with E-state index in [1.54, 1.807) is 0 Å². The Morgan fingerprint density at radius 2 is 2.17 bits per heavy atom. The lowest BCUT2D eigenvalue weighted by Crippen LogP contribution is -2.59. The highest BCUT2D eigenvalue weighted by atomic mass is 32.1. The van der Waals surface area contributed by atoms with Crippen LogP contribution >= 0.6 is 11.3 Å². The van der Waals surface area contributed by atoms with Crippen molar-refractivity contribution in [3.63, 3.8) is 0 Å². The second-order valence-electron chi connectivity index (χ2n) is 6.88. The van der Waals surface area contributed by atoms with Crippen molar-refractivity contribution < 1.29 is 4.74 Å². The summed E-state index contributed by atoms with van der Waals surface area (Å²) in [6.07, 6.45) is 2.27. The first-order valence-corrected chi connectivity index (χ1v) is 9.54. The summed E-state index contributed by atoms with van der Waals surface area (Å²) in [5.41, 5.74) is 0.891. The van der Waals surface area contributed by atoms with Crippen LogP contribution in [0, 0.1) is 6.92 Å². The first-order chi connectivity index (χ1) is 11.7. The summed E-state index contributed by atoms with van der Waals surface area (Å²) in [7, 11) is 0. The maximum atomic E-state index is 6.30. The zero-order valence-corrected chi connectivity index (χ0v) is 15.0. The van der Waals surface area contributed by atoms with Crippen LogP contribution in [-0.2, 0) is 11.3 Å². The summed E-state index contributed by atoms with van der Waals surface area (Å²) < 4.78 is 6.30. The Bertz CT molecular complexity index is 656. The second kappa shape index (κ2) is 6.78. The average Bonchev–Trinajstić information content (AvgIpc) is 3.09. The van der Waals surface area contributed by atoms with Gasteiger partial charge in [-0.1, -0.05) is 6.07 Å². The molecule has 0 amide bonds. The van der Waals surface area contributed by atoms with Crippen molar-refractivity contribution in [1.82, 2.24) is 15.1 Å². The molecule has 2 aliphatic heterocycles. The second-order valence-corrected chi connectivity index (χ2v) is 7.91. The van der Waals surface area contributed by atoms with Gasteiger partial charge in [0.05, 0.1) is 17.9 Å². The summed E-state index contributed by atoms with van der Waals surface area (Å²) >= 11 is 1.84. The summed E-state index contributed by atoms with van der Waals surface area (Å²) in [4.78, 5) is 6.31. The number of hydrogen-bond acceptors (Lipinski definition) is 6. The minimum atomic E-state index is -0.0691. The van der Waals surface area contributed by atoms with Crippen LogP contribution in [0.4, 0.5) is 5.82 Å². The molecule has 0 N–H and O–H groups in total. The Labute approximate surface area is 147 Å². The standard InChI is InChI=1S/C18H24N4OS/c1-15-5-6-17(20-19-15)22-8-3-7-18(14-22)13-21(9-10-23-18)12-16-4-2-11-24-16/h2,4-6,11H,3,7-10,12-14H2,1H3/t18-/m1/s1. The lowest BCUT2D eigenvalue weighted by Gasteiger charge is -2.48. The number of piperidine rings is 1. The van der Waals surface area contributed by atoms with Crippen molar-refractivity contribution >= 4 is 17.2 Å². The Morgan fingerprint density at radius 1 is 1.21 bits per heavy atom. The maximum Gasteiger partial charge on any atom is 0.151 e. The minimum absolute atomic E-state index is 0.0691. The lowest BCUT2D eigenvalue weighted by molar-refractivity contribution is -0.116. The van der Waals surface area contributed by atoms with Crippen LogP contribution in [0.25, 0.3) is 0 Å². The van der Waals surface area contributed by atoms with Gasteiger partial charge in [-0.05, 0) is 43.3 Å². The molecule has 1 atom stereocenters. The third-order valence-corrected chi connectivity index (χ3v) is 5.80.